The Kier molecular flexibility index (Phi) is 3.58. The van der Waals surface area contributed by atoms with E-state index in [1.165, 1.54) is 11.3 Å². The molecule has 1 aromatic heterocycles. The summed E-state index contributed by atoms with van der Waals surface area (Å²) in [4.78, 5) is 4.85. The molecule has 2 rings (SSSR count). The Hall–Kier alpha value is -0.910. The minimum Gasteiger partial charge on any atom is -0.497 e. The molecule has 0 fully saturated rings. The molecule has 5 heteroatoms. The Morgan fingerprint density at radius 2 is 2.31 bits per heavy atom. The summed E-state index contributed by atoms with van der Waals surface area (Å²) < 4.78 is 5.81. The lowest BCUT2D eigenvalue weighted by molar-refractivity contribution is 0.222. The molecule has 1 heterocycles. The molecule has 1 unspecified atom stereocenters. The summed E-state index contributed by atoms with van der Waals surface area (Å²) in [6, 6.07) is 7.38. The van der Waals surface area contributed by atoms with Crippen LogP contribution in [0.4, 0.5) is 0 Å². The first-order valence-electron chi connectivity index (χ1n) is 4.63. The topological polar surface area (TPSA) is 42.4 Å². The zero-order valence-corrected chi connectivity index (χ0v) is 11.0. The van der Waals surface area contributed by atoms with Gasteiger partial charge in [0, 0.05) is 0 Å². The molecule has 0 saturated heterocycles. The number of thiazole rings is 1. The molecule has 0 saturated carbocycles. The summed E-state index contributed by atoms with van der Waals surface area (Å²) in [5.74, 6) is 0.734. The largest absolute Gasteiger partial charge is 0.497 e. The zero-order chi connectivity index (χ0) is 11.5. The average molecular weight is 300 g/mol. The molecule has 1 aromatic carbocycles. The van der Waals surface area contributed by atoms with Crippen molar-refractivity contribution >= 4 is 27.3 Å². The number of rotatable bonds is 3. The minimum absolute atomic E-state index is 0.669. The van der Waals surface area contributed by atoms with E-state index < -0.39 is 6.10 Å². The maximum atomic E-state index is 10.2. The van der Waals surface area contributed by atoms with Crippen molar-refractivity contribution in [1.82, 2.24) is 4.98 Å². The van der Waals surface area contributed by atoms with E-state index in [0.717, 1.165) is 16.2 Å². The van der Waals surface area contributed by atoms with Crippen LogP contribution in [-0.2, 0) is 0 Å². The number of nitrogens with zero attached hydrogens (tertiary/aromatic N) is 1. The fourth-order valence-corrected chi connectivity index (χ4v) is 2.80. The van der Waals surface area contributed by atoms with Crippen molar-refractivity contribution in [2.24, 2.45) is 0 Å². The average Bonchev–Trinajstić information content (AvgIpc) is 2.74. The highest BCUT2D eigenvalue weighted by molar-refractivity contribution is 9.10. The lowest BCUT2D eigenvalue weighted by atomic mass is 10.1. The SMILES string of the molecule is COc1cccc(C(O)c2scnc2Br)c1. The fourth-order valence-electron chi connectivity index (χ4n) is 1.38. The number of hydrogen-bond donors (Lipinski definition) is 1. The van der Waals surface area contributed by atoms with Gasteiger partial charge in [0.15, 0.2) is 0 Å². The lowest BCUT2D eigenvalue weighted by Crippen LogP contribution is -1.98. The summed E-state index contributed by atoms with van der Waals surface area (Å²) in [6.45, 7) is 0. The highest BCUT2D eigenvalue weighted by Crippen LogP contribution is 2.32. The first-order valence-corrected chi connectivity index (χ1v) is 6.30. The number of benzene rings is 1. The van der Waals surface area contributed by atoms with Crippen LogP contribution in [0, 0.1) is 0 Å². The maximum absolute atomic E-state index is 10.2. The quantitative estimate of drug-likeness (QED) is 0.947. The summed E-state index contributed by atoms with van der Waals surface area (Å²) in [6.07, 6.45) is -0.669. The number of aliphatic hydroxyl groups excluding tert-OH is 1. The van der Waals surface area contributed by atoms with E-state index >= 15 is 0 Å². The van der Waals surface area contributed by atoms with E-state index in [0.29, 0.717) is 4.60 Å². The van der Waals surface area contributed by atoms with Crippen LogP contribution in [0.3, 0.4) is 0 Å². The smallest absolute Gasteiger partial charge is 0.123 e. The van der Waals surface area contributed by atoms with Crippen LogP contribution in [0.25, 0.3) is 0 Å². The predicted octanol–water partition coefficient (Wildman–Crippen LogP) is 3.00. The molecule has 0 aliphatic heterocycles. The van der Waals surface area contributed by atoms with E-state index in [4.69, 9.17) is 4.74 Å². The van der Waals surface area contributed by atoms with Crippen LogP contribution in [0.1, 0.15) is 16.5 Å². The molecule has 0 radical (unpaired) electrons. The van der Waals surface area contributed by atoms with Crippen molar-refractivity contribution < 1.29 is 9.84 Å². The number of ether oxygens (including phenoxy) is 1. The van der Waals surface area contributed by atoms with Crippen LogP contribution in [-0.4, -0.2) is 17.2 Å². The number of hydrogen-bond acceptors (Lipinski definition) is 4. The Balaban J connectivity index is 2.33. The van der Waals surface area contributed by atoms with Crippen molar-refractivity contribution in [3.8, 4) is 5.75 Å². The van der Waals surface area contributed by atoms with Crippen LogP contribution >= 0.6 is 27.3 Å². The first kappa shape index (κ1) is 11.6. The maximum Gasteiger partial charge on any atom is 0.123 e. The van der Waals surface area contributed by atoms with Gasteiger partial charge in [-0.25, -0.2) is 4.98 Å². The molecule has 0 aliphatic rings. The van der Waals surface area contributed by atoms with Crippen LogP contribution in [0.5, 0.6) is 5.75 Å². The van der Waals surface area contributed by atoms with Gasteiger partial charge in [0.1, 0.15) is 16.5 Å². The lowest BCUT2D eigenvalue weighted by Gasteiger charge is -2.10. The third-order valence-corrected chi connectivity index (χ3v) is 3.98. The molecule has 0 spiro atoms. The van der Waals surface area contributed by atoms with E-state index in [-0.39, 0.29) is 0 Å². The highest BCUT2D eigenvalue weighted by Gasteiger charge is 2.16. The van der Waals surface area contributed by atoms with Gasteiger partial charge >= 0.3 is 0 Å². The second-order valence-electron chi connectivity index (χ2n) is 3.19. The van der Waals surface area contributed by atoms with Gasteiger partial charge in [0.25, 0.3) is 0 Å². The monoisotopic (exact) mass is 299 g/mol. The highest BCUT2D eigenvalue weighted by atomic mass is 79.9. The van der Waals surface area contributed by atoms with Crippen LogP contribution in [0.2, 0.25) is 0 Å². The van der Waals surface area contributed by atoms with Crippen molar-refractivity contribution in [2.75, 3.05) is 7.11 Å². The van der Waals surface area contributed by atoms with Crippen molar-refractivity contribution in [3.63, 3.8) is 0 Å². The molecule has 84 valence electrons. The summed E-state index contributed by atoms with van der Waals surface area (Å²) in [5, 5.41) is 10.2. The van der Waals surface area contributed by atoms with Gasteiger partial charge in [0.05, 0.1) is 17.5 Å². The van der Waals surface area contributed by atoms with Gasteiger partial charge in [-0.2, -0.15) is 0 Å². The van der Waals surface area contributed by atoms with Crippen LogP contribution < -0.4 is 4.74 Å². The minimum atomic E-state index is -0.669. The molecule has 1 atom stereocenters. The molecule has 0 amide bonds. The molecule has 16 heavy (non-hydrogen) atoms. The summed E-state index contributed by atoms with van der Waals surface area (Å²) in [7, 11) is 1.61. The normalized spacial score (nSPS) is 12.4. The standard InChI is InChI=1S/C11H10BrNO2S/c1-15-8-4-2-3-7(5-8)9(14)10-11(12)13-6-16-10/h2-6,9,14H,1H3. The van der Waals surface area contributed by atoms with Gasteiger partial charge in [0.2, 0.25) is 0 Å². The van der Waals surface area contributed by atoms with Gasteiger partial charge in [-0.3, -0.25) is 0 Å². The van der Waals surface area contributed by atoms with E-state index in [1.807, 2.05) is 24.3 Å². The number of aromatic nitrogens is 1. The van der Waals surface area contributed by atoms with E-state index in [2.05, 4.69) is 20.9 Å². The molecular formula is C11H10BrNO2S. The molecule has 3 nitrogen and oxygen atoms in total. The third kappa shape index (κ3) is 2.26. The number of halogens is 1. The Morgan fingerprint density at radius 1 is 1.50 bits per heavy atom. The fraction of sp³-hybridized carbons (Fsp3) is 0.182. The van der Waals surface area contributed by atoms with Crippen molar-refractivity contribution in [2.45, 2.75) is 6.10 Å². The second kappa shape index (κ2) is 4.95. The summed E-state index contributed by atoms with van der Waals surface area (Å²) in [5.41, 5.74) is 2.49. The first-order chi connectivity index (χ1) is 7.72. The van der Waals surface area contributed by atoms with Crippen LogP contribution in [0.15, 0.2) is 34.4 Å². The van der Waals surface area contributed by atoms with Crippen molar-refractivity contribution in [1.29, 1.82) is 0 Å². The molecule has 0 aliphatic carbocycles. The molecule has 1 N–H and O–H groups in total. The summed E-state index contributed by atoms with van der Waals surface area (Å²) >= 11 is 4.72. The van der Waals surface area contributed by atoms with E-state index in [1.54, 1.807) is 12.6 Å². The Labute approximate surface area is 106 Å². The Morgan fingerprint density at radius 3 is 2.94 bits per heavy atom. The third-order valence-electron chi connectivity index (χ3n) is 2.21. The van der Waals surface area contributed by atoms with Gasteiger partial charge in [-0.15, -0.1) is 11.3 Å². The zero-order valence-electron chi connectivity index (χ0n) is 8.55. The van der Waals surface area contributed by atoms with Crippen molar-refractivity contribution in [3.05, 3.63) is 44.8 Å². The Bertz CT molecular complexity index is 486. The molecule has 2 aromatic rings. The number of methoxy groups -OCH3 is 1. The molecular weight excluding hydrogens is 290 g/mol. The molecule has 0 bridgehead atoms. The van der Waals surface area contributed by atoms with Gasteiger partial charge in [-0.1, -0.05) is 12.1 Å². The van der Waals surface area contributed by atoms with E-state index in [9.17, 15) is 5.11 Å². The number of aliphatic hydroxyl groups is 1. The van der Waals surface area contributed by atoms with Gasteiger partial charge in [-0.05, 0) is 33.6 Å². The van der Waals surface area contributed by atoms with Gasteiger partial charge < -0.3 is 9.84 Å². The predicted molar refractivity (Wildman–Crippen MR) is 66.9 cm³/mol. The second-order valence-corrected chi connectivity index (χ2v) is 4.82.